The van der Waals surface area contributed by atoms with E-state index in [1.54, 1.807) is 6.92 Å². The van der Waals surface area contributed by atoms with Crippen molar-refractivity contribution >= 4 is 5.91 Å². The quantitative estimate of drug-likeness (QED) is 0.717. The molecule has 0 radical (unpaired) electrons. The van der Waals surface area contributed by atoms with Crippen LogP contribution in [0.1, 0.15) is 68.3 Å². The van der Waals surface area contributed by atoms with Crippen LogP contribution in [0, 0.1) is 13.8 Å². The number of para-hydroxylation sites is 1. The number of aryl methyl sites for hydroxylation is 2. The van der Waals surface area contributed by atoms with E-state index in [0.29, 0.717) is 5.92 Å². The summed E-state index contributed by atoms with van der Waals surface area (Å²) in [5, 5.41) is 3.15. The number of hydrogen-bond donors (Lipinski definition) is 1. The Morgan fingerprint density at radius 1 is 1.04 bits per heavy atom. The molecule has 0 bridgehead atoms. The maximum absolute atomic E-state index is 12.7. The van der Waals surface area contributed by atoms with Crippen molar-refractivity contribution in [3.8, 4) is 5.75 Å². The second-order valence-corrected chi connectivity index (χ2v) is 7.28. The van der Waals surface area contributed by atoms with Crippen LogP contribution in [-0.2, 0) is 4.79 Å². The van der Waals surface area contributed by atoms with Gasteiger partial charge in [-0.1, -0.05) is 62.7 Å². The second-order valence-electron chi connectivity index (χ2n) is 7.28. The lowest BCUT2D eigenvalue weighted by molar-refractivity contribution is -0.128. The summed E-state index contributed by atoms with van der Waals surface area (Å²) in [7, 11) is 0. The third kappa shape index (κ3) is 4.87. The Morgan fingerprint density at radius 2 is 1.73 bits per heavy atom. The van der Waals surface area contributed by atoms with Crippen LogP contribution in [-0.4, -0.2) is 12.0 Å². The zero-order valence-corrected chi connectivity index (χ0v) is 16.8. The van der Waals surface area contributed by atoms with E-state index in [2.05, 4.69) is 64.2 Å². The maximum Gasteiger partial charge on any atom is 0.261 e. The molecule has 0 aliphatic carbocycles. The number of amides is 1. The molecule has 0 saturated heterocycles. The first-order valence-electron chi connectivity index (χ1n) is 9.46. The fourth-order valence-electron chi connectivity index (χ4n) is 3.21. The third-order valence-electron chi connectivity index (χ3n) is 4.74. The van der Waals surface area contributed by atoms with Crippen LogP contribution in [0.15, 0.2) is 42.5 Å². The number of carbonyl (C=O) groups excluding carboxylic acids is 1. The van der Waals surface area contributed by atoms with Crippen molar-refractivity contribution < 1.29 is 9.53 Å². The van der Waals surface area contributed by atoms with Gasteiger partial charge in [-0.15, -0.1) is 0 Å². The molecule has 0 heterocycles. The fraction of sp³-hybridized carbons (Fsp3) is 0.435. The van der Waals surface area contributed by atoms with Gasteiger partial charge in [0.25, 0.3) is 5.91 Å². The van der Waals surface area contributed by atoms with E-state index in [1.807, 2.05) is 18.2 Å². The Kier molecular flexibility index (Phi) is 6.84. The Balaban J connectivity index is 2.10. The van der Waals surface area contributed by atoms with Gasteiger partial charge in [-0.05, 0) is 55.9 Å². The molecule has 1 amide bonds. The van der Waals surface area contributed by atoms with Crippen molar-refractivity contribution in [1.82, 2.24) is 5.32 Å². The van der Waals surface area contributed by atoms with Gasteiger partial charge in [0, 0.05) is 0 Å². The highest BCUT2D eigenvalue weighted by atomic mass is 16.5. The van der Waals surface area contributed by atoms with Crippen LogP contribution in [0.3, 0.4) is 0 Å². The van der Waals surface area contributed by atoms with Gasteiger partial charge in [0.2, 0.25) is 0 Å². The number of nitrogens with one attached hydrogen (secondary N) is 1. The zero-order valence-electron chi connectivity index (χ0n) is 16.8. The van der Waals surface area contributed by atoms with E-state index in [9.17, 15) is 4.79 Å². The lowest BCUT2D eigenvalue weighted by Gasteiger charge is -2.23. The van der Waals surface area contributed by atoms with Gasteiger partial charge in [-0.2, -0.15) is 0 Å². The summed E-state index contributed by atoms with van der Waals surface area (Å²) in [4.78, 5) is 12.7. The van der Waals surface area contributed by atoms with E-state index in [4.69, 9.17) is 4.74 Å². The lowest BCUT2D eigenvalue weighted by Crippen LogP contribution is -2.38. The first-order chi connectivity index (χ1) is 12.3. The standard InChI is InChI=1S/C23H31NO2/c1-7-21(20-13-12-16(4)14-17(20)5)24-23(25)18(6)26-22-11-9-8-10-19(22)15(2)3/h8-15,18,21H,7H2,1-6H3,(H,24,25)/t18-,21-/m1/s1. The first kappa shape index (κ1) is 20.0. The van der Waals surface area contributed by atoms with Crippen molar-refractivity contribution in [2.75, 3.05) is 0 Å². The van der Waals surface area contributed by atoms with Gasteiger partial charge in [-0.25, -0.2) is 0 Å². The fourth-order valence-corrected chi connectivity index (χ4v) is 3.21. The Hall–Kier alpha value is -2.29. The van der Waals surface area contributed by atoms with E-state index < -0.39 is 6.10 Å². The van der Waals surface area contributed by atoms with Gasteiger partial charge < -0.3 is 10.1 Å². The number of ether oxygens (including phenoxy) is 1. The van der Waals surface area contributed by atoms with Crippen molar-refractivity contribution in [2.45, 2.75) is 66.0 Å². The maximum atomic E-state index is 12.7. The third-order valence-corrected chi connectivity index (χ3v) is 4.74. The highest BCUT2D eigenvalue weighted by molar-refractivity contribution is 5.81. The van der Waals surface area contributed by atoms with Gasteiger partial charge in [0.15, 0.2) is 6.10 Å². The van der Waals surface area contributed by atoms with E-state index >= 15 is 0 Å². The van der Waals surface area contributed by atoms with Crippen LogP contribution in [0.5, 0.6) is 5.75 Å². The zero-order chi connectivity index (χ0) is 19.3. The molecule has 0 aliphatic heterocycles. The molecule has 0 aromatic heterocycles. The summed E-state index contributed by atoms with van der Waals surface area (Å²) in [6, 6.07) is 14.3. The molecular formula is C23H31NO2. The van der Waals surface area contributed by atoms with Crippen molar-refractivity contribution in [3.63, 3.8) is 0 Å². The van der Waals surface area contributed by atoms with Crippen LogP contribution >= 0.6 is 0 Å². The second kappa shape index (κ2) is 8.88. The van der Waals surface area contributed by atoms with Crippen molar-refractivity contribution in [1.29, 1.82) is 0 Å². The van der Waals surface area contributed by atoms with Crippen LogP contribution < -0.4 is 10.1 Å². The van der Waals surface area contributed by atoms with Crippen molar-refractivity contribution in [2.24, 2.45) is 0 Å². The summed E-state index contributed by atoms with van der Waals surface area (Å²) in [6.45, 7) is 12.3. The largest absolute Gasteiger partial charge is 0.481 e. The molecule has 2 aromatic rings. The van der Waals surface area contributed by atoms with Crippen LogP contribution in [0.4, 0.5) is 0 Å². The predicted octanol–water partition coefficient (Wildman–Crippen LogP) is 5.46. The minimum absolute atomic E-state index is 0.00510. The summed E-state index contributed by atoms with van der Waals surface area (Å²) in [5.41, 5.74) is 4.72. The van der Waals surface area contributed by atoms with Gasteiger partial charge in [0.1, 0.15) is 5.75 Å². The van der Waals surface area contributed by atoms with E-state index in [0.717, 1.165) is 17.7 Å². The molecule has 0 unspecified atom stereocenters. The molecule has 140 valence electrons. The van der Waals surface area contributed by atoms with Crippen molar-refractivity contribution in [3.05, 3.63) is 64.7 Å². The van der Waals surface area contributed by atoms with Crippen LogP contribution in [0.2, 0.25) is 0 Å². The molecule has 26 heavy (non-hydrogen) atoms. The van der Waals surface area contributed by atoms with Gasteiger partial charge in [0.05, 0.1) is 6.04 Å². The lowest BCUT2D eigenvalue weighted by atomic mass is 9.97. The molecule has 2 rings (SSSR count). The molecule has 2 aromatic carbocycles. The Bertz CT molecular complexity index is 752. The number of carbonyl (C=O) groups is 1. The normalized spacial score (nSPS) is 13.3. The Morgan fingerprint density at radius 3 is 2.35 bits per heavy atom. The monoisotopic (exact) mass is 353 g/mol. The predicted molar refractivity (Wildman–Crippen MR) is 108 cm³/mol. The highest BCUT2D eigenvalue weighted by Gasteiger charge is 2.21. The number of benzene rings is 2. The molecule has 0 fully saturated rings. The average Bonchev–Trinajstić information content (AvgIpc) is 2.60. The number of rotatable bonds is 7. The molecule has 1 N–H and O–H groups in total. The van der Waals surface area contributed by atoms with Crippen LogP contribution in [0.25, 0.3) is 0 Å². The van der Waals surface area contributed by atoms with E-state index in [1.165, 1.54) is 16.7 Å². The highest BCUT2D eigenvalue weighted by Crippen LogP contribution is 2.27. The first-order valence-corrected chi connectivity index (χ1v) is 9.46. The molecule has 0 spiro atoms. The minimum atomic E-state index is -0.547. The summed E-state index contributed by atoms with van der Waals surface area (Å²) in [5.74, 6) is 1.04. The molecule has 0 saturated carbocycles. The molecule has 2 atom stereocenters. The smallest absolute Gasteiger partial charge is 0.261 e. The average molecular weight is 354 g/mol. The Labute approximate surface area is 157 Å². The molecule has 0 aliphatic rings. The summed E-state index contributed by atoms with van der Waals surface area (Å²) in [6.07, 6.45) is 0.292. The molecule has 3 heteroatoms. The van der Waals surface area contributed by atoms with Gasteiger partial charge >= 0.3 is 0 Å². The molecule has 3 nitrogen and oxygen atoms in total. The minimum Gasteiger partial charge on any atom is -0.481 e. The summed E-state index contributed by atoms with van der Waals surface area (Å²) >= 11 is 0. The SMILES string of the molecule is CC[C@@H](NC(=O)[C@@H](C)Oc1ccccc1C(C)C)c1ccc(C)cc1C. The van der Waals surface area contributed by atoms with Gasteiger partial charge in [-0.3, -0.25) is 4.79 Å². The topological polar surface area (TPSA) is 38.3 Å². The van der Waals surface area contributed by atoms with E-state index in [-0.39, 0.29) is 11.9 Å². The molecular weight excluding hydrogens is 322 g/mol. The number of hydrogen-bond acceptors (Lipinski definition) is 2. The summed E-state index contributed by atoms with van der Waals surface area (Å²) < 4.78 is 5.99.